The third kappa shape index (κ3) is 4.67. The summed E-state index contributed by atoms with van der Waals surface area (Å²) in [5.74, 6) is 1.14. The minimum Gasteiger partial charge on any atom is -0.322 e. The Kier molecular flexibility index (Phi) is 6.03. The number of nitrogens with zero attached hydrogens (tertiary/aromatic N) is 4. The van der Waals surface area contributed by atoms with Gasteiger partial charge in [-0.1, -0.05) is 72.3 Å². The van der Waals surface area contributed by atoms with Gasteiger partial charge in [-0.25, -0.2) is 4.98 Å². The van der Waals surface area contributed by atoms with E-state index in [0.29, 0.717) is 0 Å². The highest BCUT2D eigenvalue weighted by Gasteiger charge is 2.20. The fraction of sp³-hybridized carbons (Fsp3) is 0.269. The number of piperazine rings is 1. The van der Waals surface area contributed by atoms with Crippen LogP contribution in [0.25, 0.3) is 11.0 Å². The second-order valence-electron chi connectivity index (χ2n) is 8.23. The standard InChI is InChI=1S/C26H27ClN4/c27-23-11-5-4-10-22(23)19-29-14-16-30(17-15-29)20-26-28-24-12-6-7-13-25(24)31(26)18-21-8-2-1-3-9-21/h1-13H,14-20H2. The summed E-state index contributed by atoms with van der Waals surface area (Å²) in [5, 5.41) is 0.861. The van der Waals surface area contributed by atoms with E-state index in [1.165, 1.54) is 16.6 Å². The van der Waals surface area contributed by atoms with Crippen molar-refractivity contribution in [2.75, 3.05) is 26.2 Å². The van der Waals surface area contributed by atoms with Crippen molar-refractivity contribution in [2.45, 2.75) is 19.6 Å². The molecule has 5 rings (SSSR count). The molecule has 1 aromatic heterocycles. The van der Waals surface area contributed by atoms with Gasteiger partial charge in [0.25, 0.3) is 0 Å². The first-order chi connectivity index (χ1) is 15.3. The number of aromatic nitrogens is 2. The van der Waals surface area contributed by atoms with Crippen molar-refractivity contribution >= 4 is 22.6 Å². The van der Waals surface area contributed by atoms with Gasteiger partial charge in [-0.05, 0) is 29.3 Å². The molecule has 0 unspecified atom stereocenters. The maximum absolute atomic E-state index is 6.35. The number of para-hydroxylation sites is 2. The van der Waals surface area contributed by atoms with Gasteiger partial charge in [0.2, 0.25) is 0 Å². The largest absolute Gasteiger partial charge is 0.322 e. The second kappa shape index (κ2) is 9.23. The second-order valence-corrected chi connectivity index (χ2v) is 8.64. The van der Waals surface area contributed by atoms with E-state index >= 15 is 0 Å². The van der Waals surface area contributed by atoms with Crippen molar-refractivity contribution < 1.29 is 0 Å². The molecule has 1 aliphatic rings. The number of fused-ring (bicyclic) bond motifs is 1. The quantitative estimate of drug-likeness (QED) is 0.427. The predicted octanol–water partition coefficient (Wildman–Crippen LogP) is 5.06. The summed E-state index contributed by atoms with van der Waals surface area (Å²) in [7, 11) is 0. The Morgan fingerprint density at radius 3 is 2.10 bits per heavy atom. The van der Waals surface area contributed by atoms with Crippen LogP contribution in [0.2, 0.25) is 5.02 Å². The first-order valence-electron chi connectivity index (χ1n) is 10.9. The molecule has 0 bridgehead atoms. The van der Waals surface area contributed by atoms with Crippen molar-refractivity contribution in [2.24, 2.45) is 0 Å². The molecule has 0 amide bonds. The Morgan fingerprint density at radius 1 is 0.677 bits per heavy atom. The summed E-state index contributed by atoms with van der Waals surface area (Å²) in [6, 6.07) is 27.3. The lowest BCUT2D eigenvalue weighted by Gasteiger charge is -2.34. The van der Waals surface area contributed by atoms with Crippen LogP contribution in [-0.2, 0) is 19.6 Å². The van der Waals surface area contributed by atoms with Gasteiger partial charge in [0, 0.05) is 44.3 Å². The molecule has 1 aliphatic heterocycles. The normalized spacial score (nSPS) is 15.5. The summed E-state index contributed by atoms with van der Waals surface area (Å²) in [5.41, 5.74) is 4.79. The average Bonchev–Trinajstić information content (AvgIpc) is 3.14. The minimum atomic E-state index is 0.850. The molecule has 31 heavy (non-hydrogen) atoms. The number of rotatable bonds is 6. The van der Waals surface area contributed by atoms with Crippen LogP contribution in [0.5, 0.6) is 0 Å². The fourth-order valence-electron chi connectivity index (χ4n) is 4.36. The Bertz CT molecular complexity index is 1150. The summed E-state index contributed by atoms with van der Waals surface area (Å²) in [6.07, 6.45) is 0. The molecule has 0 N–H and O–H groups in total. The monoisotopic (exact) mass is 430 g/mol. The zero-order valence-corrected chi connectivity index (χ0v) is 18.4. The van der Waals surface area contributed by atoms with E-state index < -0.39 is 0 Å². The van der Waals surface area contributed by atoms with Crippen molar-refractivity contribution in [3.8, 4) is 0 Å². The number of hydrogen-bond donors (Lipinski definition) is 0. The zero-order valence-electron chi connectivity index (χ0n) is 17.6. The number of hydrogen-bond acceptors (Lipinski definition) is 3. The molecule has 4 aromatic rings. The van der Waals surface area contributed by atoms with Crippen LogP contribution in [0.15, 0.2) is 78.9 Å². The van der Waals surface area contributed by atoms with E-state index in [2.05, 4.69) is 81.1 Å². The molecule has 0 radical (unpaired) electrons. The smallest absolute Gasteiger partial charge is 0.124 e. The predicted molar refractivity (Wildman–Crippen MR) is 127 cm³/mol. The van der Waals surface area contributed by atoms with Crippen molar-refractivity contribution in [3.05, 3.63) is 101 Å². The van der Waals surface area contributed by atoms with Gasteiger partial charge in [-0.2, -0.15) is 0 Å². The summed E-state index contributed by atoms with van der Waals surface area (Å²) < 4.78 is 2.38. The Labute approximate surface area is 188 Å². The third-order valence-corrected chi connectivity index (χ3v) is 6.47. The SMILES string of the molecule is Clc1ccccc1CN1CCN(Cc2nc3ccccc3n2Cc2ccccc2)CC1. The Morgan fingerprint density at radius 2 is 1.32 bits per heavy atom. The molecule has 0 spiro atoms. The highest BCUT2D eigenvalue weighted by atomic mass is 35.5. The summed E-state index contributed by atoms with van der Waals surface area (Å²) in [4.78, 5) is 10.0. The molecule has 4 nitrogen and oxygen atoms in total. The van der Waals surface area contributed by atoms with Crippen LogP contribution < -0.4 is 0 Å². The van der Waals surface area contributed by atoms with Gasteiger partial charge in [0.05, 0.1) is 17.6 Å². The number of halogens is 1. The molecule has 0 atom stereocenters. The van der Waals surface area contributed by atoms with Crippen LogP contribution in [0, 0.1) is 0 Å². The molecular formula is C26H27ClN4. The van der Waals surface area contributed by atoms with E-state index in [1.807, 2.05) is 12.1 Å². The molecule has 158 valence electrons. The van der Waals surface area contributed by atoms with E-state index in [9.17, 15) is 0 Å². The fourth-order valence-corrected chi connectivity index (χ4v) is 4.56. The maximum atomic E-state index is 6.35. The Hall–Kier alpha value is -2.66. The molecule has 2 heterocycles. The van der Waals surface area contributed by atoms with Crippen LogP contribution >= 0.6 is 11.6 Å². The lowest BCUT2D eigenvalue weighted by molar-refractivity contribution is 0.119. The van der Waals surface area contributed by atoms with Crippen LogP contribution in [0.4, 0.5) is 0 Å². The number of benzene rings is 3. The lowest BCUT2D eigenvalue weighted by Crippen LogP contribution is -2.45. The summed E-state index contributed by atoms with van der Waals surface area (Å²) in [6.45, 7) is 6.82. The van der Waals surface area contributed by atoms with Gasteiger partial charge >= 0.3 is 0 Å². The van der Waals surface area contributed by atoms with Gasteiger partial charge in [0.15, 0.2) is 0 Å². The van der Waals surface area contributed by atoms with Gasteiger partial charge in [-0.15, -0.1) is 0 Å². The zero-order chi connectivity index (χ0) is 21.0. The summed E-state index contributed by atoms with van der Waals surface area (Å²) >= 11 is 6.35. The molecule has 0 aliphatic carbocycles. The topological polar surface area (TPSA) is 24.3 Å². The van der Waals surface area contributed by atoms with Crippen LogP contribution in [0.1, 0.15) is 17.0 Å². The van der Waals surface area contributed by atoms with Gasteiger partial charge in [-0.3, -0.25) is 9.80 Å². The molecule has 1 saturated heterocycles. The first-order valence-corrected chi connectivity index (χ1v) is 11.3. The van der Waals surface area contributed by atoms with Crippen molar-refractivity contribution in [1.29, 1.82) is 0 Å². The molecule has 3 aromatic carbocycles. The van der Waals surface area contributed by atoms with Crippen LogP contribution in [-0.4, -0.2) is 45.5 Å². The highest BCUT2D eigenvalue weighted by Crippen LogP contribution is 2.21. The van der Waals surface area contributed by atoms with Crippen molar-refractivity contribution in [1.82, 2.24) is 19.4 Å². The van der Waals surface area contributed by atoms with E-state index in [1.54, 1.807) is 0 Å². The van der Waals surface area contributed by atoms with Crippen LogP contribution in [0.3, 0.4) is 0 Å². The Balaban J connectivity index is 1.29. The molecule has 0 saturated carbocycles. The average molecular weight is 431 g/mol. The molecular weight excluding hydrogens is 404 g/mol. The van der Waals surface area contributed by atoms with Gasteiger partial charge in [0.1, 0.15) is 5.82 Å². The van der Waals surface area contributed by atoms with Crippen molar-refractivity contribution in [3.63, 3.8) is 0 Å². The lowest BCUT2D eigenvalue weighted by atomic mass is 10.2. The molecule has 1 fully saturated rings. The van der Waals surface area contributed by atoms with E-state index in [4.69, 9.17) is 16.6 Å². The minimum absolute atomic E-state index is 0.850. The number of imidazole rings is 1. The third-order valence-electron chi connectivity index (χ3n) is 6.10. The van der Waals surface area contributed by atoms with E-state index in [-0.39, 0.29) is 0 Å². The first kappa shape index (κ1) is 20.3. The van der Waals surface area contributed by atoms with E-state index in [0.717, 1.165) is 62.2 Å². The van der Waals surface area contributed by atoms with Gasteiger partial charge < -0.3 is 4.57 Å². The maximum Gasteiger partial charge on any atom is 0.124 e. The molecule has 5 heteroatoms. The highest BCUT2D eigenvalue weighted by molar-refractivity contribution is 6.31.